The summed E-state index contributed by atoms with van der Waals surface area (Å²) in [6.07, 6.45) is 6.23. The van der Waals surface area contributed by atoms with Crippen LogP contribution in [0.15, 0.2) is 0 Å². The third kappa shape index (κ3) is 8.39. The van der Waals surface area contributed by atoms with Crippen molar-refractivity contribution in [2.75, 3.05) is 0 Å². The summed E-state index contributed by atoms with van der Waals surface area (Å²) in [7, 11) is 0. The van der Waals surface area contributed by atoms with E-state index in [0.29, 0.717) is 10.8 Å². The van der Waals surface area contributed by atoms with E-state index in [4.69, 9.17) is 11.6 Å². The molecule has 74 valence electrons. The Kier molecular flexibility index (Phi) is 6.00. The molecule has 0 fully saturated rings. The van der Waals surface area contributed by atoms with Crippen LogP contribution in [-0.4, -0.2) is 5.38 Å². The van der Waals surface area contributed by atoms with Gasteiger partial charge in [-0.1, -0.05) is 47.0 Å². The van der Waals surface area contributed by atoms with Gasteiger partial charge in [-0.15, -0.1) is 11.6 Å². The first-order chi connectivity index (χ1) is 5.45. The average molecular weight is 191 g/mol. The van der Waals surface area contributed by atoms with Gasteiger partial charge in [0.05, 0.1) is 0 Å². The molecular weight excluding hydrogens is 168 g/mol. The predicted octanol–water partition coefficient (Wildman–Crippen LogP) is 4.61. The largest absolute Gasteiger partial charge is 0.123 e. The van der Waals surface area contributed by atoms with Crippen molar-refractivity contribution < 1.29 is 0 Å². The maximum Gasteiger partial charge on any atom is 0.0341 e. The van der Waals surface area contributed by atoms with Crippen LogP contribution >= 0.6 is 11.6 Å². The van der Waals surface area contributed by atoms with E-state index in [2.05, 4.69) is 27.7 Å². The zero-order valence-electron chi connectivity index (χ0n) is 8.99. The number of halogens is 1. The number of hydrogen-bond acceptors (Lipinski definition) is 0. The van der Waals surface area contributed by atoms with Crippen molar-refractivity contribution in [2.24, 2.45) is 5.41 Å². The molecule has 12 heavy (non-hydrogen) atoms. The normalized spacial score (nSPS) is 14.8. The van der Waals surface area contributed by atoms with Gasteiger partial charge in [-0.25, -0.2) is 0 Å². The summed E-state index contributed by atoms with van der Waals surface area (Å²) in [4.78, 5) is 0. The fourth-order valence-corrected chi connectivity index (χ4v) is 2.00. The molecule has 0 heterocycles. The minimum atomic E-state index is 0.386. The highest BCUT2D eigenvalue weighted by molar-refractivity contribution is 6.20. The number of hydrogen-bond donors (Lipinski definition) is 0. The minimum Gasteiger partial charge on any atom is -0.123 e. The van der Waals surface area contributed by atoms with Crippen molar-refractivity contribution in [3.05, 3.63) is 0 Å². The third-order valence-electron chi connectivity index (χ3n) is 1.95. The molecule has 1 heteroatoms. The van der Waals surface area contributed by atoms with Crippen LogP contribution in [0.2, 0.25) is 0 Å². The summed E-state index contributed by atoms with van der Waals surface area (Å²) in [5, 5.41) is 0.386. The molecule has 0 aromatic heterocycles. The molecule has 0 radical (unpaired) electrons. The molecule has 0 saturated carbocycles. The van der Waals surface area contributed by atoms with Gasteiger partial charge in [0, 0.05) is 5.38 Å². The zero-order chi connectivity index (χ0) is 9.61. The lowest BCUT2D eigenvalue weighted by Gasteiger charge is -2.21. The number of alkyl halides is 1. The Morgan fingerprint density at radius 2 is 1.75 bits per heavy atom. The first-order valence-electron chi connectivity index (χ1n) is 5.10. The van der Waals surface area contributed by atoms with Crippen LogP contribution in [-0.2, 0) is 0 Å². The molecule has 1 atom stereocenters. The van der Waals surface area contributed by atoms with E-state index >= 15 is 0 Å². The second kappa shape index (κ2) is 5.85. The van der Waals surface area contributed by atoms with E-state index in [1.54, 1.807) is 0 Å². The van der Waals surface area contributed by atoms with E-state index in [1.165, 1.54) is 25.7 Å². The molecule has 0 bridgehead atoms. The standard InChI is InChI=1S/C11H23Cl/c1-5-6-7-8-10(12)9-11(2,3)4/h10H,5-9H2,1-4H3. The highest BCUT2D eigenvalue weighted by atomic mass is 35.5. The van der Waals surface area contributed by atoms with Crippen LogP contribution in [0.5, 0.6) is 0 Å². The van der Waals surface area contributed by atoms with Gasteiger partial charge in [-0.05, 0) is 18.3 Å². The predicted molar refractivity (Wildman–Crippen MR) is 57.9 cm³/mol. The molecule has 0 nitrogen and oxygen atoms in total. The third-order valence-corrected chi connectivity index (χ3v) is 2.33. The van der Waals surface area contributed by atoms with Gasteiger partial charge in [0.2, 0.25) is 0 Å². The molecule has 0 amide bonds. The summed E-state index contributed by atoms with van der Waals surface area (Å²) in [6.45, 7) is 8.99. The lowest BCUT2D eigenvalue weighted by molar-refractivity contribution is 0.361. The van der Waals surface area contributed by atoms with E-state index in [-0.39, 0.29) is 0 Å². The number of rotatable bonds is 5. The molecule has 0 N–H and O–H groups in total. The molecule has 0 aromatic carbocycles. The molecule has 0 aliphatic rings. The van der Waals surface area contributed by atoms with Gasteiger partial charge < -0.3 is 0 Å². The second-order valence-electron chi connectivity index (χ2n) is 4.86. The molecule has 1 unspecified atom stereocenters. The molecule has 0 aliphatic heterocycles. The highest BCUT2D eigenvalue weighted by Gasteiger charge is 2.15. The Bertz CT molecular complexity index is 102. The fraction of sp³-hybridized carbons (Fsp3) is 1.00. The zero-order valence-corrected chi connectivity index (χ0v) is 9.75. The Balaban J connectivity index is 3.40. The van der Waals surface area contributed by atoms with Crippen molar-refractivity contribution in [1.29, 1.82) is 0 Å². The molecule has 0 aliphatic carbocycles. The van der Waals surface area contributed by atoms with Gasteiger partial charge >= 0.3 is 0 Å². The Morgan fingerprint density at radius 1 is 1.17 bits per heavy atom. The van der Waals surface area contributed by atoms with Gasteiger partial charge in [-0.3, -0.25) is 0 Å². The fourth-order valence-electron chi connectivity index (χ4n) is 1.38. The Hall–Kier alpha value is 0.290. The SMILES string of the molecule is CCCCCC(Cl)CC(C)(C)C. The highest BCUT2D eigenvalue weighted by Crippen LogP contribution is 2.26. The summed E-state index contributed by atoms with van der Waals surface area (Å²) in [5.74, 6) is 0. The smallest absolute Gasteiger partial charge is 0.0341 e. The molecule has 0 spiro atoms. The van der Waals surface area contributed by atoms with E-state index < -0.39 is 0 Å². The molecule has 0 aromatic rings. The summed E-state index contributed by atoms with van der Waals surface area (Å²) in [6, 6.07) is 0. The Labute approximate surface area is 82.7 Å². The monoisotopic (exact) mass is 190 g/mol. The maximum absolute atomic E-state index is 6.20. The van der Waals surface area contributed by atoms with Crippen LogP contribution in [0.3, 0.4) is 0 Å². The maximum atomic E-state index is 6.20. The van der Waals surface area contributed by atoms with Crippen molar-refractivity contribution >= 4 is 11.6 Å². The van der Waals surface area contributed by atoms with Crippen molar-refractivity contribution in [3.8, 4) is 0 Å². The van der Waals surface area contributed by atoms with Gasteiger partial charge in [0.25, 0.3) is 0 Å². The molecule has 0 saturated heterocycles. The Morgan fingerprint density at radius 3 is 2.17 bits per heavy atom. The van der Waals surface area contributed by atoms with Crippen LogP contribution in [0.25, 0.3) is 0 Å². The summed E-state index contributed by atoms with van der Waals surface area (Å²) >= 11 is 6.20. The van der Waals surface area contributed by atoms with Gasteiger partial charge in [0.1, 0.15) is 0 Å². The van der Waals surface area contributed by atoms with E-state index in [9.17, 15) is 0 Å². The van der Waals surface area contributed by atoms with Crippen LogP contribution in [0.4, 0.5) is 0 Å². The van der Waals surface area contributed by atoms with Gasteiger partial charge in [0.15, 0.2) is 0 Å². The van der Waals surface area contributed by atoms with Crippen molar-refractivity contribution in [1.82, 2.24) is 0 Å². The van der Waals surface area contributed by atoms with Crippen molar-refractivity contribution in [2.45, 2.75) is 65.2 Å². The summed E-state index contributed by atoms with van der Waals surface area (Å²) in [5.41, 5.74) is 0.388. The van der Waals surface area contributed by atoms with E-state index in [0.717, 1.165) is 6.42 Å². The van der Waals surface area contributed by atoms with E-state index in [1.807, 2.05) is 0 Å². The van der Waals surface area contributed by atoms with Gasteiger partial charge in [-0.2, -0.15) is 0 Å². The van der Waals surface area contributed by atoms with Crippen LogP contribution in [0.1, 0.15) is 59.8 Å². The summed E-state index contributed by atoms with van der Waals surface area (Å²) < 4.78 is 0. The second-order valence-corrected chi connectivity index (χ2v) is 5.48. The first-order valence-corrected chi connectivity index (χ1v) is 5.53. The van der Waals surface area contributed by atoms with Crippen molar-refractivity contribution in [3.63, 3.8) is 0 Å². The lowest BCUT2D eigenvalue weighted by atomic mass is 9.89. The lowest BCUT2D eigenvalue weighted by Crippen LogP contribution is -2.13. The quantitative estimate of drug-likeness (QED) is 0.439. The first kappa shape index (κ1) is 12.3. The van der Waals surface area contributed by atoms with Crippen LogP contribution < -0.4 is 0 Å². The minimum absolute atomic E-state index is 0.386. The number of unbranched alkanes of at least 4 members (excludes halogenated alkanes) is 2. The average Bonchev–Trinajstić information content (AvgIpc) is 1.84. The molecular formula is C11H23Cl. The van der Waals surface area contributed by atoms with Crippen LogP contribution in [0, 0.1) is 5.41 Å². The topological polar surface area (TPSA) is 0 Å². The molecule has 0 rings (SSSR count).